The second-order valence-electron chi connectivity index (χ2n) is 6.25. The molecule has 0 saturated carbocycles. The highest BCUT2D eigenvalue weighted by Crippen LogP contribution is 2.37. The number of hydrogen-bond acceptors (Lipinski definition) is 2. The molecule has 3 rings (SSSR count). The zero-order valence-electron chi connectivity index (χ0n) is 11.9. The van der Waals surface area contributed by atoms with E-state index < -0.39 is 0 Å². The van der Waals surface area contributed by atoms with Crippen molar-refractivity contribution in [3.8, 4) is 0 Å². The Morgan fingerprint density at radius 3 is 2.60 bits per heavy atom. The summed E-state index contributed by atoms with van der Waals surface area (Å²) in [5, 5.41) is 3.30. The molecule has 0 amide bonds. The van der Waals surface area contributed by atoms with Crippen LogP contribution in [0.4, 0.5) is 8.78 Å². The van der Waals surface area contributed by atoms with Gasteiger partial charge in [0.05, 0.1) is 0 Å². The molecule has 2 saturated heterocycles. The Balaban J connectivity index is 1.50. The van der Waals surface area contributed by atoms with Gasteiger partial charge in [-0.2, -0.15) is 0 Å². The minimum Gasteiger partial charge on any atom is -0.312 e. The lowest BCUT2D eigenvalue weighted by atomic mass is 9.91. The van der Waals surface area contributed by atoms with Crippen LogP contribution in [-0.2, 0) is 6.54 Å². The van der Waals surface area contributed by atoms with Gasteiger partial charge in [-0.3, -0.25) is 0 Å². The zero-order chi connectivity index (χ0) is 14.1. The summed E-state index contributed by atoms with van der Waals surface area (Å²) in [6, 6.07) is 5.09. The van der Waals surface area contributed by atoms with Crippen LogP contribution in [0.3, 0.4) is 0 Å². The van der Waals surface area contributed by atoms with E-state index in [1.165, 1.54) is 37.8 Å². The van der Waals surface area contributed by atoms with Crippen LogP contribution in [-0.4, -0.2) is 30.6 Å². The highest BCUT2D eigenvalue weighted by atomic mass is 19.1. The van der Waals surface area contributed by atoms with Gasteiger partial charge in [0.2, 0.25) is 0 Å². The van der Waals surface area contributed by atoms with Gasteiger partial charge in [0.15, 0.2) is 0 Å². The van der Waals surface area contributed by atoms with Crippen molar-refractivity contribution >= 4 is 0 Å². The van der Waals surface area contributed by atoms with Crippen molar-refractivity contribution in [2.75, 3.05) is 13.6 Å². The Labute approximate surface area is 119 Å². The van der Waals surface area contributed by atoms with Crippen molar-refractivity contribution in [3.63, 3.8) is 0 Å². The number of hydrogen-bond donors (Lipinski definition) is 1. The molecule has 20 heavy (non-hydrogen) atoms. The summed E-state index contributed by atoms with van der Waals surface area (Å²) in [7, 11) is 2.23. The molecule has 2 fully saturated rings. The van der Waals surface area contributed by atoms with E-state index >= 15 is 0 Å². The molecule has 1 N–H and O–H groups in total. The number of rotatable bonds is 4. The lowest BCUT2D eigenvalue weighted by molar-refractivity contribution is 0.133. The highest BCUT2D eigenvalue weighted by molar-refractivity contribution is 5.18. The summed E-state index contributed by atoms with van der Waals surface area (Å²) in [6.07, 6.45) is 5.09. The molecule has 2 bridgehead atoms. The summed E-state index contributed by atoms with van der Waals surface area (Å²) < 4.78 is 26.6. The van der Waals surface area contributed by atoms with Crippen molar-refractivity contribution in [1.29, 1.82) is 0 Å². The molecule has 2 aliphatic rings. The van der Waals surface area contributed by atoms with Gasteiger partial charge < -0.3 is 10.2 Å². The van der Waals surface area contributed by atoms with Crippen LogP contribution in [0, 0.1) is 17.6 Å². The maximum absolute atomic E-state index is 13.5. The Kier molecular flexibility index (Phi) is 4.03. The van der Waals surface area contributed by atoms with Crippen LogP contribution in [0.25, 0.3) is 0 Å². The van der Waals surface area contributed by atoms with E-state index in [1.54, 1.807) is 0 Å². The molecule has 2 aliphatic heterocycles. The molecule has 0 radical (unpaired) electrons. The summed E-state index contributed by atoms with van der Waals surface area (Å²) in [5.41, 5.74) is 0.417. The van der Waals surface area contributed by atoms with Crippen LogP contribution >= 0.6 is 0 Å². The standard InChI is InChI=1S/C16H22F2N2/c1-20-14-3-4-15(20)7-11(6-14)9-19-10-12-8-13(17)2-5-16(12)18/h2,5,8,11,14-15,19H,3-4,6-7,9-10H2,1H3. The number of nitrogens with zero attached hydrogens (tertiary/aromatic N) is 1. The van der Waals surface area contributed by atoms with Gasteiger partial charge in [-0.05, 0) is 63.4 Å². The monoisotopic (exact) mass is 280 g/mol. The van der Waals surface area contributed by atoms with Crippen LogP contribution in [0.5, 0.6) is 0 Å². The lowest BCUT2D eigenvalue weighted by Gasteiger charge is -2.36. The zero-order valence-corrected chi connectivity index (χ0v) is 11.9. The predicted molar refractivity (Wildman–Crippen MR) is 75.4 cm³/mol. The van der Waals surface area contributed by atoms with Crippen LogP contribution in [0.2, 0.25) is 0 Å². The van der Waals surface area contributed by atoms with Gasteiger partial charge in [-0.1, -0.05) is 0 Å². The van der Waals surface area contributed by atoms with E-state index in [2.05, 4.69) is 17.3 Å². The fourth-order valence-electron chi connectivity index (χ4n) is 3.78. The molecule has 2 heterocycles. The Morgan fingerprint density at radius 1 is 1.20 bits per heavy atom. The molecule has 0 aliphatic carbocycles. The van der Waals surface area contributed by atoms with E-state index in [-0.39, 0.29) is 11.6 Å². The number of fused-ring (bicyclic) bond motifs is 2. The van der Waals surface area contributed by atoms with Crippen LogP contribution in [0.1, 0.15) is 31.2 Å². The molecule has 2 unspecified atom stereocenters. The average Bonchev–Trinajstić information content (AvgIpc) is 2.65. The van der Waals surface area contributed by atoms with Gasteiger partial charge in [0, 0.05) is 24.2 Å². The molecule has 1 aromatic carbocycles. The highest BCUT2D eigenvalue weighted by Gasteiger charge is 2.37. The third-order valence-electron chi connectivity index (χ3n) is 4.95. The topological polar surface area (TPSA) is 15.3 Å². The predicted octanol–water partition coefficient (Wildman–Crippen LogP) is 2.93. The van der Waals surface area contributed by atoms with E-state index in [9.17, 15) is 8.78 Å². The molecule has 2 atom stereocenters. The van der Waals surface area contributed by atoms with Crippen LogP contribution < -0.4 is 5.32 Å². The van der Waals surface area contributed by atoms with E-state index in [1.807, 2.05) is 0 Å². The smallest absolute Gasteiger partial charge is 0.127 e. The van der Waals surface area contributed by atoms with Gasteiger partial charge in [0.25, 0.3) is 0 Å². The number of piperidine rings is 1. The fraction of sp³-hybridized carbons (Fsp3) is 0.625. The Morgan fingerprint density at radius 2 is 1.90 bits per heavy atom. The minimum absolute atomic E-state index is 0.331. The number of halogens is 2. The third-order valence-corrected chi connectivity index (χ3v) is 4.95. The summed E-state index contributed by atoms with van der Waals surface area (Å²) in [6.45, 7) is 1.31. The van der Waals surface area contributed by atoms with Crippen molar-refractivity contribution < 1.29 is 8.78 Å². The molecule has 1 aromatic rings. The van der Waals surface area contributed by atoms with E-state index in [0.717, 1.165) is 24.7 Å². The van der Waals surface area contributed by atoms with Gasteiger partial charge >= 0.3 is 0 Å². The SMILES string of the molecule is CN1C2CCC1CC(CNCc1cc(F)ccc1F)C2. The molecular weight excluding hydrogens is 258 g/mol. The first-order valence-electron chi connectivity index (χ1n) is 7.50. The summed E-state index contributed by atoms with van der Waals surface area (Å²) in [4.78, 5) is 2.52. The second-order valence-corrected chi connectivity index (χ2v) is 6.25. The largest absolute Gasteiger partial charge is 0.312 e. The second kappa shape index (κ2) is 5.78. The third kappa shape index (κ3) is 2.86. The Bertz CT molecular complexity index is 464. The fourth-order valence-corrected chi connectivity index (χ4v) is 3.78. The van der Waals surface area contributed by atoms with Gasteiger partial charge in [-0.15, -0.1) is 0 Å². The molecule has 0 aromatic heterocycles. The summed E-state index contributed by atoms with van der Waals surface area (Å²) in [5.74, 6) is -0.0387. The van der Waals surface area contributed by atoms with Crippen molar-refractivity contribution in [3.05, 3.63) is 35.4 Å². The maximum atomic E-state index is 13.5. The molecule has 2 nitrogen and oxygen atoms in total. The molecule has 4 heteroatoms. The Hall–Kier alpha value is -1.00. The molecular formula is C16H22F2N2. The van der Waals surface area contributed by atoms with Gasteiger partial charge in [-0.25, -0.2) is 8.78 Å². The van der Waals surface area contributed by atoms with Gasteiger partial charge in [0.1, 0.15) is 11.6 Å². The molecule has 110 valence electrons. The average molecular weight is 280 g/mol. The van der Waals surface area contributed by atoms with E-state index in [4.69, 9.17) is 0 Å². The van der Waals surface area contributed by atoms with Crippen LogP contribution in [0.15, 0.2) is 18.2 Å². The first-order chi connectivity index (χ1) is 9.63. The minimum atomic E-state index is -0.375. The summed E-state index contributed by atoms with van der Waals surface area (Å²) >= 11 is 0. The normalized spacial score (nSPS) is 29.9. The van der Waals surface area contributed by atoms with Crippen molar-refractivity contribution in [2.45, 2.75) is 44.3 Å². The first kappa shape index (κ1) is 14.0. The lowest BCUT2D eigenvalue weighted by Crippen LogP contribution is -2.42. The maximum Gasteiger partial charge on any atom is 0.127 e. The first-order valence-corrected chi connectivity index (χ1v) is 7.50. The number of benzene rings is 1. The van der Waals surface area contributed by atoms with E-state index in [0.29, 0.717) is 18.0 Å². The molecule has 0 spiro atoms. The van der Waals surface area contributed by atoms with Crippen molar-refractivity contribution in [1.82, 2.24) is 10.2 Å². The number of nitrogens with one attached hydrogen (secondary N) is 1. The van der Waals surface area contributed by atoms with Crippen molar-refractivity contribution in [2.24, 2.45) is 5.92 Å². The quantitative estimate of drug-likeness (QED) is 0.912.